The largest absolute Gasteiger partial charge is 0.478 e. The molecule has 0 aliphatic heterocycles. The van der Waals surface area contributed by atoms with Crippen molar-refractivity contribution < 1.29 is 18.3 Å². The maximum Gasteiger partial charge on any atom is 0.340 e. The van der Waals surface area contributed by atoms with Gasteiger partial charge >= 0.3 is 5.97 Å². The van der Waals surface area contributed by atoms with Crippen molar-refractivity contribution in [3.8, 4) is 0 Å². The molecule has 0 saturated carbocycles. The van der Waals surface area contributed by atoms with Gasteiger partial charge in [0.1, 0.15) is 5.56 Å². The van der Waals surface area contributed by atoms with Gasteiger partial charge in [-0.3, -0.25) is 5.10 Å². The highest BCUT2D eigenvalue weighted by Crippen LogP contribution is 2.32. The van der Waals surface area contributed by atoms with Crippen LogP contribution in [0.4, 0.5) is 0 Å². The van der Waals surface area contributed by atoms with Crippen molar-refractivity contribution in [2.45, 2.75) is 23.9 Å². The monoisotopic (exact) mass is 307 g/mol. The topological polar surface area (TPSA) is 112 Å². The highest BCUT2D eigenvalue weighted by molar-refractivity contribution is 7.89. The van der Waals surface area contributed by atoms with E-state index >= 15 is 0 Å². The van der Waals surface area contributed by atoms with Gasteiger partial charge < -0.3 is 5.11 Å². The van der Waals surface area contributed by atoms with Crippen LogP contribution < -0.4 is 4.72 Å². The van der Waals surface area contributed by atoms with Gasteiger partial charge in [-0.1, -0.05) is 24.3 Å². The van der Waals surface area contributed by atoms with Crippen LogP contribution in [0, 0.1) is 0 Å². The first kappa shape index (κ1) is 13.8. The molecule has 110 valence electrons. The lowest BCUT2D eigenvalue weighted by Crippen LogP contribution is -2.28. The zero-order chi connectivity index (χ0) is 15.0. The fourth-order valence-corrected chi connectivity index (χ4v) is 3.90. The van der Waals surface area contributed by atoms with Crippen molar-refractivity contribution in [1.82, 2.24) is 14.9 Å². The van der Waals surface area contributed by atoms with Crippen molar-refractivity contribution in [2.24, 2.45) is 0 Å². The van der Waals surface area contributed by atoms with E-state index in [1.165, 1.54) is 0 Å². The van der Waals surface area contributed by atoms with E-state index in [0.717, 1.165) is 23.7 Å². The molecule has 0 bridgehead atoms. The molecular weight excluding hydrogens is 294 g/mol. The molecule has 2 aromatic rings. The second-order valence-electron chi connectivity index (χ2n) is 4.83. The van der Waals surface area contributed by atoms with E-state index in [1.807, 2.05) is 24.3 Å². The van der Waals surface area contributed by atoms with Crippen molar-refractivity contribution >= 4 is 16.0 Å². The van der Waals surface area contributed by atoms with Gasteiger partial charge in [0.25, 0.3) is 10.0 Å². The van der Waals surface area contributed by atoms with E-state index in [0.29, 0.717) is 6.42 Å². The highest BCUT2D eigenvalue weighted by atomic mass is 32.2. The molecule has 8 heteroatoms. The predicted molar refractivity (Wildman–Crippen MR) is 73.4 cm³/mol. The fourth-order valence-electron chi connectivity index (χ4n) is 2.56. The minimum absolute atomic E-state index is 0.351. The molecular formula is C13H13N3O4S. The van der Waals surface area contributed by atoms with Crippen LogP contribution in [0.25, 0.3) is 0 Å². The molecule has 0 amide bonds. The molecule has 0 radical (unpaired) electrons. The summed E-state index contributed by atoms with van der Waals surface area (Å²) in [5.41, 5.74) is 1.67. The van der Waals surface area contributed by atoms with Crippen LogP contribution in [-0.2, 0) is 16.4 Å². The van der Waals surface area contributed by atoms with Gasteiger partial charge in [0.15, 0.2) is 5.03 Å². The molecule has 0 spiro atoms. The Kier molecular flexibility index (Phi) is 3.26. The standard InChI is InChI=1S/C13H13N3O4S/c17-13(18)10-7-14-15-12(10)21(19,20)16-11-6-5-8-3-1-2-4-9(8)11/h1-4,7,11,16H,5-6H2,(H,14,15)(H,17,18). The Hall–Kier alpha value is -2.19. The summed E-state index contributed by atoms with van der Waals surface area (Å²) in [5, 5.41) is 14.3. The number of hydrogen-bond donors (Lipinski definition) is 3. The maximum absolute atomic E-state index is 12.3. The molecule has 0 saturated heterocycles. The number of aryl methyl sites for hydroxylation is 1. The van der Waals surface area contributed by atoms with Gasteiger partial charge in [-0.05, 0) is 24.0 Å². The molecule has 1 aromatic carbocycles. The quantitative estimate of drug-likeness (QED) is 0.782. The van der Waals surface area contributed by atoms with E-state index in [1.54, 1.807) is 0 Å². The molecule has 21 heavy (non-hydrogen) atoms. The Balaban J connectivity index is 1.91. The van der Waals surface area contributed by atoms with Crippen molar-refractivity contribution in [3.63, 3.8) is 0 Å². The first-order valence-electron chi connectivity index (χ1n) is 6.36. The third-order valence-corrected chi connectivity index (χ3v) is 4.98. The summed E-state index contributed by atoms with van der Waals surface area (Å²) < 4.78 is 27.2. The van der Waals surface area contributed by atoms with Gasteiger partial charge in [-0.25, -0.2) is 17.9 Å². The van der Waals surface area contributed by atoms with Gasteiger partial charge in [0, 0.05) is 6.04 Å². The number of benzene rings is 1. The van der Waals surface area contributed by atoms with E-state index < -0.39 is 21.0 Å². The summed E-state index contributed by atoms with van der Waals surface area (Å²) in [6.45, 7) is 0. The summed E-state index contributed by atoms with van der Waals surface area (Å²) in [6.07, 6.45) is 2.42. The summed E-state index contributed by atoms with van der Waals surface area (Å²) in [4.78, 5) is 11.0. The third-order valence-electron chi connectivity index (χ3n) is 3.53. The number of nitrogens with one attached hydrogen (secondary N) is 2. The maximum atomic E-state index is 12.3. The highest BCUT2D eigenvalue weighted by Gasteiger charge is 2.30. The Bertz CT molecular complexity index is 797. The van der Waals surface area contributed by atoms with Gasteiger partial charge in [0.05, 0.1) is 6.20 Å². The third kappa shape index (κ3) is 2.43. The Morgan fingerprint density at radius 1 is 1.38 bits per heavy atom. The number of aromatic carboxylic acids is 1. The average Bonchev–Trinajstić information content (AvgIpc) is 3.06. The number of hydrogen-bond acceptors (Lipinski definition) is 4. The van der Waals surface area contributed by atoms with Crippen molar-refractivity contribution in [2.75, 3.05) is 0 Å². The molecule has 7 nitrogen and oxygen atoms in total. The molecule has 3 rings (SSSR count). The normalized spacial score (nSPS) is 17.6. The van der Waals surface area contributed by atoms with E-state index in [4.69, 9.17) is 5.11 Å². The smallest absolute Gasteiger partial charge is 0.340 e. The molecule has 1 unspecified atom stereocenters. The first-order valence-corrected chi connectivity index (χ1v) is 7.84. The Morgan fingerprint density at radius 2 is 2.14 bits per heavy atom. The zero-order valence-corrected chi connectivity index (χ0v) is 11.7. The lowest BCUT2D eigenvalue weighted by atomic mass is 10.1. The SMILES string of the molecule is O=C(O)c1cn[nH]c1S(=O)(=O)NC1CCc2ccccc21. The van der Waals surface area contributed by atoms with Crippen molar-refractivity contribution in [1.29, 1.82) is 0 Å². The summed E-state index contributed by atoms with van der Waals surface area (Å²) >= 11 is 0. The number of carboxylic acids is 1. The number of H-pyrrole nitrogens is 1. The van der Waals surface area contributed by atoms with E-state index in [2.05, 4.69) is 14.9 Å². The lowest BCUT2D eigenvalue weighted by molar-refractivity contribution is 0.0692. The van der Waals surface area contributed by atoms with Crippen LogP contribution in [-0.4, -0.2) is 29.7 Å². The number of nitrogens with zero attached hydrogens (tertiary/aromatic N) is 1. The van der Waals surface area contributed by atoms with E-state index in [-0.39, 0.29) is 11.6 Å². The first-order chi connectivity index (χ1) is 9.99. The number of aromatic nitrogens is 2. The number of sulfonamides is 1. The van der Waals surface area contributed by atoms with Crippen molar-refractivity contribution in [3.05, 3.63) is 47.2 Å². The van der Waals surface area contributed by atoms with Crippen LogP contribution in [0.15, 0.2) is 35.5 Å². The van der Waals surface area contributed by atoms with Crippen LogP contribution in [0.2, 0.25) is 0 Å². The summed E-state index contributed by atoms with van der Waals surface area (Å²) in [5.74, 6) is -1.34. The van der Waals surface area contributed by atoms with Gasteiger partial charge in [-0.2, -0.15) is 5.10 Å². The molecule has 1 heterocycles. The molecule has 0 fully saturated rings. The second-order valence-corrected chi connectivity index (χ2v) is 6.48. The zero-order valence-electron chi connectivity index (χ0n) is 10.9. The van der Waals surface area contributed by atoms with E-state index in [9.17, 15) is 13.2 Å². The molecule has 1 aromatic heterocycles. The van der Waals surface area contributed by atoms with Crippen LogP contribution in [0.1, 0.15) is 33.9 Å². The van der Waals surface area contributed by atoms with Crippen LogP contribution >= 0.6 is 0 Å². The number of carbonyl (C=O) groups is 1. The summed E-state index contributed by atoms with van der Waals surface area (Å²) in [7, 11) is -3.97. The second kappa shape index (κ2) is 4.97. The van der Waals surface area contributed by atoms with Crippen LogP contribution in [0.3, 0.4) is 0 Å². The molecule has 1 aliphatic carbocycles. The fraction of sp³-hybridized carbons (Fsp3) is 0.231. The van der Waals surface area contributed by atoms with Gasteiger partial charge in [0.2, 0.25) is 0 Å². The predicted octanol–water partition coefficient (Wildman–Crippen LogP) is 1.07. The van der Waals surface area contributed by atoms with Gasteiger partial charge in [-0.15, -0.1) is 0 Å². The Labute approximate surface area is 121 Å². The number of aromatic amines is 1. The molecule has 1 atom stereocenters. The molecule has 3 N–H and O–H groups in total. The number of rotatable bonds is 4. The molecule has 1 aliphatic rings. The lowest BCUT2D eigenvalue weighted by Gasteiger charge is -2.13. The Morgan fingerprint density at radius 3 is 2.90 bits per heavy atom. The minimum Gasteiger partial charge on any atom is -0.478 e. The number of carboxylic acid groups (broad SMARTS) is 1. The minimum atomic E-state index is -3.97. The summed E-state index contributed by atoms with van der Waals surface area (Å²) in [6, 6.07) is 7.25. The number of fused-ring (bicyclic) bond motifs is 1. The van der Waals surface area contributed by atoms with Crippen LogP contribution in [0.5, 0.6) is 0 Å². The average molecular weight is 307 g/mol.